The molecular weight excluding hydrogens is 418 g/mol. The normalized spacial score (nSPS) is 15.7. The van der Waals surface area contributed by atoms with Crippen LogP contribution in [-0.2, 0) is 21.3 Å². The number of rotatable bonds is 8. The van der Waals surface area contributed by atoms with Crippen molar-refractivity contribution in [2.24, 2.45) is 5.92 Å². The summed E-state index contributed by atoms with van der Waals surface area (Å²) in [7, 11) is -3.54. The summed E-state index contributed by atoms with van der Waals surface area (Å²) in [4.78, 5) is 1.37. The van der Waals surface area contributed by atoms with Gasteiger partial charge in [0, 0.05) is 31.1 Å². The van der Waals surface area contributed by atoms with Crippen molar-refractivity contribution in [1.29, 1.82) is 0 Å². The lowest BCUT2D eigenvalue weighted by Gasteiger charge is -2.26. The zero-order valence-corrected chi connectivity index (χ0v) is 18.5. The molecule has 0 unspecified atom stereocenters. The molecule has 0 bridgehead atoms. The van der Waals surface area contributed by atoms with Gasteiger partial charge in [0.05, 0.1) is 33.8 Å². The third-order valence-corrected chi connectivity index (χ3v) is 7.51. The summed E-state index contributed by atoms with van der Waals surface area (Å²) in [6.07, 6.45) is 0. The van der Waals surface area contributed by atoms with Crippen LogP contribution in [0.3, 0.4) is 0 Å². The average Bonchev–Trinajstić information content (AvgIpc) is 3.10. The van der Waals surface area contributed by atoms with Crippen LogP contribution in [-0.4, -0.2) is 45.6 Å². The lowest BCUT2D eigenvalue weighted by Crippen LogP contribution is -2.40. The Morgan fingerprint density at radius 1 is 1.14 bits per heavy atom. The van der Waals surface area contributed by atoms with Gasteiger partial charge in [0.25, 0.3) is 0 Å². The topological polar surface area (TPSA) is 70.7 Å². The smallest absolute Gasteiger partial charge is 0.243 e. The number of halogens is 1. The number of anilines is 2. The molecule has 6 nitrogen and oxygen atoms in total. The molecule has 28 heavy (non-hydrogen) atoms. The quantitative estimate of drug-likeness (QED) is 0.642. The third kappa shape index (κ3) is 5.39. The maximum absolute atomic E-state index is 13.0. The molecule has 1 aromatic heterocycles. The molecule has 1 aliphatic rings. The number of ether oxygens (including phenoxy) is 1. The van der Waals surface area contributed by atoms with Crippen LogP contribution >= 0.6 is 22.9 Å². The first-order valence-corrected chi connectivity index (χ1v) is 11.9. The Morgan fingerprint density at radius 2 is 1.89 bits per heavy atom. The van der Waals surface area contributed by atoms with Crippen LogP contribution in [0, 0.1) is 5.92 Å². The number of nitrogens with one attached hydrogen (secondary N) is 2. The van der Waals surface area contributed by atoms with Crippen molar-refractivity contribution in [3.8, 4) is 0 Å². The van der Waals surface area contributed by atoms with Crippen LogP contribution in [0.1, 0.15) is 18.7 Å². The number of benzene rings is 1. The number of nitrogens with zero attached hydrogens (tertiary/aromatic N) is 1. The molecule has 1 aliphatic heterocycles. The van der Waals surface area contributed by atoms with E-state index in [9.17, 15) is 8.42 Å². The van der Waals surface area contributed by atoms with E-state index in [0.717, 1.165) is 27.1 Å². The summed E-state index contributed by atoms with van der Waals surface area (Å²) < 4.78 is 33.5. The summed E-state index contributed by atoms with van der Waals surface area (Å²) in [5.41, 5.74) is 1.65. The number of thiophene rings is 1. The Kier molecular flexibility index (Phi) is 7.22. The van der Waals surface area contributed by atoms with E-state index in [4.69, 9.17) is 16.3 Å². The molecule has 2 N–H and O–H groups in total. The van der Waals surface area contributed by atoms with E-state index >= 15 is 0 Å². The van der Waals surface area contributed by atoms with Gasteiger partial charge in [-0.2, -0.15) is 4.31 Å². The molecule has 0 spiro atoms. The maximum Gasteiger partial charge on any atom is 0.243 e. The lowest BCUT2D eigenvalue weighted by molar-refractivity contribution is 0.0730. The van der Waals surface area contributed by atoms with Gasteiger partial charge in [-0.05, 0) is 36.2 Å². The van der Waals surface area contributed by atoms with Crippen LogP contribution < -0.4 is 10.6 Å². The average molecular weight is 444 g/mol. The van der Waals surface area contributed by atoms with E-state index < -0.39 is 10.0 Å². The van der Waals surface area contributed by atoms with Gasteiger partial charge in [0.1, 0.15) is 0 Å². The standard InChI is InChI=1S/C19H26ClN3O3S2/c1-14(2)12-21-17-5-4-16(28(24,25)23-7-9-26-10-8-23)11-18(17)22-13-15-3-6-19(20)27-15/h3-6,11,14,21-22H,7-10,12-13H2,1-2H3. The predicted molar refractivity (Wildman–Crippen MR) is 116 cm³/mol. The van der Waals surface area contributed by atoms with Gasteiger partial charge in [-0.1, -0.05) is 25.4 Å². The predicted octanol–water partition coefficient (Wildman–Crippen LogP) is 4.10. The second kappa shape index (κ2) is 9.45. The SMILES string of the molecule is CC(C)CNc1ccc(S(=O)(=O)N2CCOCC2)cc1NCc1ccc(Cl)s1. The molecule has 0 aliphatic carbocycles. The molecular formula is C19H26ClN3O3S2. The van der Waals surface area contributed by atoms with Crippen molar-refractivity contribution in [3.05, 3.63) is 39.5 Å². The summed E-state index contributed by atoms with van der Waals surface area (Å²) >= 11 is 7.52. The van der Waals surface area contributed by atoms with Crippen molar-refractivity contribution in [3.63, 3.8) is 0 Å². The molecule has 154 valence electrons. The van der Waals surface area contributed by atoms with Crippen molar-refractivity contribution in [2.45, 2.75) is 25.3 Å². The second-order valence-corrected chi connectivity index (χ2v) is 10.8. The van der Waals surface area contributed by atoms with Crippen LogP contribution in [0.4, 0.5) is 11.4 Å². The number of morpholine rings is 1. The molecule has 1 fully saturated rings. The summed E-state index contributed by atoms with van der Waals surface area (Å²) in [6, 6.07) is 9.04. The molecule has 0 atom stereocenters. The van der Waals surface area contributed by atoms with E-state index in [-0.39, 0.29) is 4.90 Å². The van der Waals surface area contributed by atoms with Gasteiger partial charge in [-0.25, -0.2) is 8.42 Å². The van der Waals surface area contributed by atoms with Gasteiger partial charge in [0.2, 0.25) is 10.0 Å². The van der Waals surface area contributed by atoms with Gasteiger partial charge in [-0.15, -0.1) is 11.3 Å². The Balaban J connectivity index is 1.85. The molecule has 0 amide bonds. The highest BCUT2D eigenvalue weighted by Crippen LogP contribution is 2.29. The molecule has 1 saturated heterocycles. The van der Waals surface area contributed by atoms with E-state index in [1.165, 1.54) is 15.6 Å². The third-order valence-electron chi connectivity index (χ3n) is 4.38. The molecule has 2 aromatic rings. The van der Waals surface area contributed by atoms with Crippen LogP contribution in [0.5, 0.6) is 0 Å². The first kappa shape index (κ1) is 21.4. The number of hydrogen-bond acceptors (Lipinski definition) is 6. The lowest BCUT2D eigenvalue weighted by atomic mass is 10.2. The number of hydrogen-bond donors (Lipinski definition) is 2. The second-order valence-electron chi connectivity index (χ2n) is 7.06. The fourth-order valence-electron chi connectivity index (χ4n) is 2.86. The van der Waals surface area contributed by atoms with E-state index in [1.807, 2.05) is 18.2 Å². The molecule has 0 saturated carbocycles. The highest BCUT2D eigenvalue weighted by Gasteiger charge is 2.27. The Hall–Kier alpha value is -1.32. The number of sulfonamides is 1. The molecule has 2 heterocycles. The fraction of sp³-hybridized carbons (Fsp3) is 0.474. The maximum atomic E-state index is 13.0. The fourth-order valence-corrected chi connectivity index (χ4v) is 5.33. The van der Waals surface area contributed by atoms with Crippen molar-refractivity contribution in [2.75, 3.05) is 43.5 Å². The van der Waals surface area contributed by atoms with Gasteiger partial charge in [-0.3, -0.25) is 0 Å². The van der Waals surface area contributed by atoms with E-state index in [2.05, 4.69) is 24.5 Å². The monoisotopic (exact) mass is 443 g/mol. The molecule has 9 heteroatoms. The zero-order valence-electron chi connectivity index (χ0n) is 16.1. The zero-order chi connectivity index (χ0) is 20.1. The highest BCUT2D eigenvalue weighted by atomic mass is 35.5. The van der Waals surface area contributed by atoms with Gasteiger partial charge < -0.3 is 15.4 Å². The van der Waals surface area contributed by atoms with Gasteiger partial charge in [0.15, 0.2) is 0 Å². The van der Waals surface area contributed by atoms with E-state index in [0.29, 0.717) is 38.8 Å². The summed E-state index contributed by atoms with van der Waals surface area (Å²) in [5.74, 6) is 0.473. The van der Waals surface area contributed by atoms with E-state index in [1.54, 1.807) is 12.1 Å². The van der Waals surface area contributed by atoms with Crippen LogP contribution in [0.2, 0.25) is 4.34 Å². The van der Waals surface area contributed by atoms with Crippen LogP contribution in [0.15, 0.2) is 35.2 Å². The minimum Gasteiger partial charge on any atom is -0.383 e. The molecule has 0 radical (unpaired) electrons. The van der Waals surface area contributed by atoms with Crippen LogP contribution in [0.25, 0.3) is 0 Å². The Labute approximate surface area is 175 Å². The Morgan fingerprint density at radius 3 is 2.54 bits per heavy atom. The van der Waals surface area contributed by atoms with Gasteiger partial charge >= 0.3 is 0 Å². The first-order valence-electron chi connectivity index (χ1n) is 9.30. The van der Waals surface area contributed by atoms with Crippen molar-refractivity contribution >= 4 is 44.3 Å². The van der Waals surface area contributed by atoms with Crippen molar-refractivity contribution < 1.29 is 13.2 Å². The summed E-state index contributed by atoms with van der Waals surface area (Å²) in [5, 5.41) is 6.76. The highest BCUT2D eigenvalue weighted by molar-refractivity contribution is 7.89. The first-order chi connectivity index (χ1) is 13.4. The van der Waals surface area contributed by atoms with Crippen molar-refractivity contribution in [1.82, 2.24) is 4.31 Å². The minimum absolute atomic E-state index is 0.288. The molecule has 3 rings (SSSR count). The molecule has 1 aromatic carbocycles. The largest absolute Gasteiger partial charge is 0.383 e. The minimum atomic E-state index is -3.54. The summed E-state index contributed by atoms with van der Waals surface area (Å²) in [6.45, 7) is 7.26. The Bertz CT molecular complexity index is 894.